The van der Waals surface area contributed by atoms with Crippen molar-refractivity contribution in [3.63, 3.8) is 0 Å². The van der Waals surface area contributed by atoms with E-state index in [1.54, 1.807) is 47.6 Å². The van der Waals surface area contributed by atoms with Crippen LogP contribution >= 0.6 is 11.6 Å². The molecule has 10 heteroatoms. The number of halogens is 1. The highest BCUT2D eigenvalue weighted by Gasteiger charge is 2.52. The molecule has 0 N–H and O–H groups in total. The summed E-state index contributed by atoms with van der Waals surface area (Å²) in [6.07, 6.45) is -1.32. The van der Waals surface area contributed by atoms with Crippen LogP contribution in [0.3, 0.4) is 0 Å². The smallest absolute Gasteiger partial charge is 0.456 e. The van der Waals surface area contributed by atoms with Crippen LogP contribution in [0.1, 0.15) is 120 Å². The summed E-state index contributed by atoms with van der Waals surface area (Å²) in [5.74, 6) is 0. The van der Waals surface area contributed by atoms with Crippen LogP contribution in [0, 0.1) is 24.5 Å². The second-order valence-electron chi connectivity index (χ2n) is 21.9. The fourth-order valence-corrected chi connectivity index (χ4v) is 9.79. The zero-order valence-electron chi connectivity index (χ0n) is 53.0. The molecule has 13 rings (SSSR count). The monoisotopic (exact) mass is 1040 g/mol. The standard InChI is InChI=1S/C29H25NO2.C24H21BO4.C11H16ClN.2CH4/c1-17-16-30-22(14-18(17)15-29(2,3)4)19-9-7-10-21-27-25(32-28(19)21)13-12-24-26(27)20-8-5-6-11-23(20)31-24;1-23(2)24(3,4)29-25(28-23)16-10-7-9-15-21-19(27-22(15)16)13-12-18-20(21)14-8-5-6-11-17(14)26-18;1-8-7-13-10(12)5-9(8)6-11(2,3)4;;/h5-14,16H,15H2,1-4H3;5-13H,1-4H3;5,7H,6H2,1-4H3;2*1H4/i1D3,15D2;;1D3,6D2;;. The average molecular weight is 1040 g/mol. The van der Waals surface area contributed by atoms with Gasteiger partial charge in [-0.05, 0) is 142 Å². The molecule has 0 atom stereocenters. The van der Waals surface area contributed by atoms with E-state index in [0.717, 1.165) is 88.2 Å². The Morgan fingerprint density at radius 2 is 0.947 bits per heavy atom. The highest BCUT2D eigenvalue weighted by atomic mass is 35.5. The normalized spacial score (nSPS) is 17.0. The van der Waals surface area contributed by atoms with Crippen LogP contribution in [0.5, 0.6) is 0 Å². The van der Waals surface area contributed by atoms with Gasteiger partial charge in [0.2, 0.25) is 0 Å². The quantitative estimate of drug-likeness (QED) is 0.127. The van der Waals surface area contributed by atoms with Gasteiger partial charge in [0.1, 0.15) is 49.8 Å². The van der Waals surface area contributed by atoms with Gasteiger partial charge < -0.3 is 27.0 Å². The first kappa shape index (κ1) is 42.2. The second-order valence-corrected chi connectivity index (χ2v) is 22.3. The molecule has 0 aliphatic carbocycles. The molecular weight excluding hydrogens is 963 g/mol. The Hall–Kier alpha value is -6.91. The van der Waals surface area contributed by atoms with Crippen molar-refractivity contribution in [3.8, 4) is 11.3 Å². The highest BCUT2D eigenvalue weighted by Crippen LogP contribution is 2.44. The molecular formula is C66H70BClN2O6. The van der Waals surface area contributed by atoms with Crippen molar-refractivity contribution in [2.24, 2.45) is 10.8 Å². The van der Waals surface area contributed by atoms with Crippen LogP contribution in [0.2, 0.25) is 5.15 Å². The number of rotatable bonds is 4. The van der Waals surface area contributed by atoms with Gasteiger partial charge in [0.05, 0.1) is 16.9 Å². The summed E-state index contributed by atoms with van der Waals surface area (Å²) in [5.41, 5.74) is 5.90. The van der Waals surface area contributed by atoms with Crippen molar-refractivity contribution in [1.29, 1.82) is 0 Å². The minimum Gasteiger partial charge on any atom is -0.456 e. The molecule has 1 aliphatic rings. The molecule has 76 heavy (non-hydrogen) atoms. The average Bonchev–Trinajstić information content (AvgIpc) is 1.53. The van der Waals surface area contributed by atoms with E-state index < -0.39 is 55.6 Å². The van der Waals surface area contributed by atoms with E-state index in [2.05, 4.69) is 49.8 Å². The van der Waals surface area contributed by atoms with Crippen molar-refractivity contribution in [2.45, 2.75) is 122 Å². The number of furan rings is 4. The van der Waals surface area contributed by atoms with Gasteiger partial charge in [-0.3, -0.25) is 4.98 Å². The predicted octanol–water partition coefficient (Wildman–Crippen LogP) is 19.1. The van der Waals surface area contributed by atoms with E-state index in [4.69, 9.17) is 52.3 Å². The third-order valence-electron chi connectivity index (χ3n) is 13.6. The maximum absolute atomic E-state index is 8.85. The topological polar surface area (TPSA) is 96.8 Å². The van der Waals surface area contributed by atoms with Crippen LogP contribution in [0.4, 0.5) is 0 Å². The summed E-state index contributed by atoms with van der Waals surface area (Å²) in [6, 6.07) is 38.5. The molecule has 390 valence electrons. The number of nitrogens with zero attached hydrogens (tertiary/aromatic N) is 2. The highest BCUT2D eigenvalue weighted by molar-refractivity contribution is 6.65. The minimum absolute atomic E-state index is 0. The lowest BCUT2D eigenvalue weighted by Crippen LogP contribution is -2.41. The number of hydrogen-bond acceptors (Lipinski definition) is 8. The molecule has 0 bridgehead atoms. The fraction of sp³-hybridized carbons (Fsp3) is 0.303. The Morgan fingerprint density at radius 1 is 0.513 bits per heavy atom. The number of pyridine rings is 2. The van der Waals surface area contributed by atoms with Crippen molar-refractivity contribution in [1.82, 2.24) is 9.97 Å². The number of para-hydroxylation sites is 4. The predicted molar refractivity (Wildman–Crippen MR) is 319 cm³/mol. The van der Waals surface area contributed by atoms with E-state index in [0.29, 0.717) is 22.4 Å². The summed E-state index contributed by atoms with van der Waals surface area (Å²) in [7, 11) is -0.471. The first-order valence-corrected chi connectivity index (χ1v) is 25.0. The summed E-state index contributed by atoms with van der Waals surface area (Å²) in [5, 5.41) is 8.17. The zero-order chi connectivity index (χ0) is 60.6. The fourth-order valence-electron chi connectivity index (χ4n) is 9.63. The lowest BCUT2D eigenvalue weighted by Gasteiger charge is -2.32. The summed E-state index contributed by atoms with van der Waals surface area (Å²) in [6.45, 7) is 13.8. The van der Waals surface area contributed by atoms with Gasteiger partial charge in [0.25, 0.3) is 0 Å². The third kappa shape index (κ3) is 9.90. The van der Waals surface area contributed by atoms with Gasteiger partial charge >= 0.3 is 7.12 Å². The molecule has 1 fully saturated rings. The molecule has 1 aliphatic heterocycles. The molecule has 0 radical (unpaired) electrons. The molecule has 0 unspecified atom stereocenters. The van der Waals surface area contributed by atoms with E-state index in [-0.39, 0.29) is 42.3 Å². The Labute approximate surface area is 465 Å². The molecule has 6 aromatic heterocycles. The maximum Gasteiger partial charge on any atom is 0.498 e. The van der Waals surface area contributed by atoms with Gasteiger partial charge in [0, 0.05) is 80.2 Å². The number of fused-ring (bicyclic) bond motifs is 14. The largest absolute Gasteiger partial charge is 0.498 e. The molecule has 0 saturated carbocycles. The SMILES string of the molecule is C.C.CC1(C)OB(c2cccc3c2oc2ccc4oc5ccccc5c4c23)OC1(C)C.[2H]C([2H])([2H])c1cnc(-c2cccc3c2oc2ccc4oc5ccccc5c4c23)cc1C([2H])([2H])C(C)(C)C.[2H]C([2H])([2H])c1cnc(Cl)cc1C([2H])([2H])C(C)(C)C. The number of aryl methyl sites for hydroxylation is 2. The Balaban J connectivity index is 0.000000162. The third-order valence-corrected chi connectivity index (χ3v) is 13.8. The van der Waals surface area contributed by atoms with Crippen molar-refractivity contribution in [3.05, 3.63) is 161 Å². The van der Waals surface area contributed by atoms with Gasteiger partial charge in [-0.2, -0.15) is 0 Å². The van der Waals surface area contributed by atoms with Crippen LogP contribution < -0.4 is 5.46 Å². The molecule has 1 saturated heterocycles. The molecule has 0 amide bonds. The van der Waals surface area contributed by atoms with Gasteiger partial charge in [-0.25, -0.2) is 4.98 Å². The number of hydrogen-bond donors (Lipinski definition) is 0. The van der Waals surface area contributed by atoms with E-state index in [1.165, 1.54) is 12.3 Å². The van der Waals surface area contributed by atoms with Gasteiger partial charge in [-0.15, -0.1) is 0 Å². The van der Waals surface area contributed by atoms with Crippen LogP contribution in [0.25, 0.3) is 99.0 Å². The van der Waals surface area contributed by atoms with Crippen LogP contribution in [-0.2, 0) is 22.1 Å². The molecule has 7 heterocycles. The Bertz CT molecular complexity index is 4550. The number of aromatic nitrogens is 2. The van der Waals surface area contributed by atoms with E-state index in [9.17, 15) is 0 Å². The summed E-state index contributed by atoms with van der Waals surface area (Å²) in [4.78, 5) is 8.23. The molecule has 12 aromatic rings. The summed E-state index contributed by atoms with van der Waals surface area (Å²) < 4.78 is 118. The Kier molecular flexibility index (Phi) is 11.1. The first-order valence-electron chi connectivity index (χ1n) is 29.7. The van der Waals surface area contributed by atoms with E-state index in [1.807, 2.05) is 97.1 Å². The zero-order valence-corrected chi connectivity index (χ0v) is 43.8. The van der Waals surface area contributed by atoms with E-state index >= 15 is 0 Å². The molecule has 0 spiro atoms. The van der Waals surface area contributed by atoms with Crippen molar-refractivity contribution >= 4 is 112 Å². The number of benzene rings is 6. The second kappa shape index (κ2) is 19.9. The van der Waals surface area contributed by atoms with Crippen LogP contribution in [-0.4, -0.2) is 28.3 Å². The van der Waals surface area contributed by atoms with Crippen molar-refractivity contribution in [2.75, 3.05) is 0 Å². The first-order chi connectivity index (χ1) is 39.1. The lowest BCUT2D eigenvalue weighted by atomic mass is 9.78. The lowest BCUT2D eigenvalue weighted by molar-refractivity contribution is 0.00578. The maximum atomic E-state index is 8.85. The molecule has 8 nitrogen and oxygen atoms in total. The Morgan fingerprint density at radius 3 is 1.47 bits per heavy atom. The minimum atomic E-state index is -2.50. The van der Waals surface area contributed by atoms with Crippen molar-refractivity contribution < 1.29 is 40.7 Å². The summed E-state index contributed by atoms with van der Waals surface area (Å²) >= 11 is 5.76. The van der Waals surface area contributed by atoms with Crippen LogP contribution in [0.15, 0.2) is 151 Å². The van der Waals surface area contributed by atoms with Gasteiger partial charge in [-0.1, -0.05) is 135 Å². The molecule has 6 aromatic carbocycles. The van der Waals surface area contributed by atoms with Gasteiger partial charge in [0.15, 0.2) is 0 Å².